The van der Waals surface area contributed by atoms with Crippen LogP contribution in [0.1, 0.15) is 36.6 Å². The largest absolute Gasteiger partial charge is 0.348 e. The summed E-state index contributed by atoms with van der Waals surface area (Å²) >= 11 is 5.68. The quantitative estimate of drug-likeness (QED) is 0.847. The van der Waals surface area contributed by atoms with Gasteiger partial charge in [-0.15, -0.1) is 0 Å². The molecule has 5 nitrogen and oxygen atoms in total. The molecular formula is C16H10ClFN2O3. The van der Waals surface area contributed by atoms with Crippen LogP contribution in [0.2, 0.25) is 5.02 Å². The molecule has 2 aromatic carbocycles. The summed E-state index contributed by atoms with van der Waals surface area (Å²) in [4.78, 5) is 35.2. The summed E-state index contributed by atoms with van der Waals surface area (Å²) in [5.74, 6) is -1.95. The second kappa shape index (κ2) is 5.81. The molecule has 1 aliphatic rings. The average Bonchev–Trinajstić information content (AvgIpc) is 2.82. The molecule has 0 saturated heterocycles. The molecule has 0 aliphatic carbocycles. The van der Waals surface area contributed by atoms with Gasteiger partial charge in [0.25, 0.3) is 17.7 Å². The van der Waals surface area contributed by atoms with Crippen LogP contribution in [0.25, 0.3) is 0 Å². The fourth-order valence-corrected chi connectivity index (χ4v) is 2.45. The highest BCUT2D eigenvalue weighted by atomic mass is 35.5. The molecule has 0 atom stereocenters. The van der Waals surface area contributed by atoms with Gasteiger partial charge in [-0.3, -0.25) is 19.7 Å². The molecule has 0 radical (unpaired) electrons. The lowest BCUT2D eigenvalue weighted by molar-refractivity contribution is 0.0878. The van der Waals surface area contributed by atoms with Gasteiger partial charge in [0.1, 0.15) is 5.82 Å². The molecule has 7 heteroatoms. The van der Waals surface area contributed by atoms with E-state index in [1.165, 1.54) is 36.4 Å². The van der Waals surface area contributed by atoms with E-state index in [1.54, 1.807) is 0 Å². The van der Waals surface area contributed by atoms with Crippen LogP contribution in [-0.4, -0.2) is 17.7 Å². The van der Waals surface area contributed by atoms with Crippen LogP contribution >= 0.6 is 11.6 Å². The summed E-state index contributed by atoms with van der Waals surface area (Å²) in [6.45, 7) is 0.154. The van der Waals surface area contributed by atoms with Crippen molar-refractivity contribution in [2.75, 3.05) is 0 Å². The number of hydrogen-bond acceptors (Lipinski definition) is 3. The molecule has 1 aliphatic heterocycles. The molecule has 116 valence electrons. The Bertz CT molecular complexity index is 851. The number of nitrogens with one attached hydrogen (secondary N) is 2. The van der Waals surface area contributed by atoms with Gasteiger partial charge in [-0.05, 0) is 35.9 Å². The van der Waals surface area contributed by atoms with E-state index in [9.17, 15) is 18.8 Å². The highest BCUT2D eigenvalue weighted by Gasteiger charge is 2.27. The van der Waals surface area contributed by atoms with Crippen molar-refractivity contribution in [2.24, 2.45) is 0 Å². The van der Waals surface area contributed by atoms with Crippen molar-refractivity contribution in [2.45, 2.75) is 6.54 Å². The van der Waals surface area contributed by atoms with Crippen molar-refractivity contribution < 1.29 is 18.8 Å². The first kappa shape index (κ1) is 15.2. The van der Waals surface area contributed by atoms with E-state index in [4.69, 9.17) is 11.6 Å². The van der Waals surface area contributed by atoms with Crippen LogP contribution in [0.5, 0.6) is 0 Å². The first-order valence-corrected chi connectivity index (χ1v) is 7.05. The predicted octanol–water partition coefficient (Wildman–Crippen LogP) is 2.29. The summed E-state index contributed by atoms with van der Waals surface area (Å²) in [7, 11) is 0. The number of carbonyl (C=O) groups is 3. The fraction of sp³-hybridized carbons (Fsp3) is 0.0625. The fourth-order valence-electron chi connectivity index (χ4n) is 2.24. The highest BCUT2D eigenvalue weighted by molar-refractivity contribution is 6.30. The normalized spacial score (nSPS) is 12.8. The van der Waals surface area contributed by atoms with Gasteiger partial charge >= 0.3 is 0 Å². The Labute approximate surface area is 135 Å². The lowest BCUT2D eigenvalue weighted by Gasteiger charge is -2.07. The van der Waals surface area contributed by atoms with Crippen LogP contribution in [-0.2, 0) is 6.54 Å². The van der Waals surface area contributed by atoms with E-state index in [-0.39, 0.29) is 28.3 Å². The minimum Gasteiger partial charge on any atom is -0.348 e. The standard InChI is InChI=1S/C16H10ClFN2O3/c17-12-5-8(1-4-13(12)18)7-19-14(21)9-2-3-10-11(6-9)16(23)20-15(10)22/h1-6H,7H2,(H,19,21)(H,20,22,23). The average molecular weight is 333 g/mol. The molecule has 0 spiro atoms. The van der Waals surface area contributed by atoms with E-state index in [0.29, 0.717) is 5.56 Å². The molecule has 0 fully saturated rings. The molecular weight excluding hydrogens is 323 g/mol. The lowest BCUT2D eigenvalue weighted by atomic mass is 10.1. The van der Waals surface area contributed by atoms with Gasteiger partial charge in [-0.2, -0.15) is 0 Å². The van der Waals surface area contributed by atoms with Crippen molar-refractivity contribution in [3.8, 4) is 0 Å². The number of amides is 3. The second-order valence-electron chi connectivity index (χ2n) is 4.97. The lowest BCUT2D eigenvalue weighted by Crippen LogP contribution is -2.23. The van der Waals surface area contributed by atoms with Crippen LogP contribution in [0.3, 0.4) is 0 Å². The number of carbonyl (C=O) groups excluding carboxylic acids is 3. The molecule has 0 saturated carbocycles. The van der Waals surface area contributed by atoms with E-state index >= 15 is 0 Å². The molecule has 2 aromatic rings. The minimum atomic E-state index is -0.531. The molecule has 2 N–H and O–H groups in total. The SMILES string of the molecule is O=C(NCc1ccc(F)c(Cl)c1)c1ccc2c(c1)C(=O)NC2=O. The molecule has 23 heavy (non-hydrogen) atoms. The third-order valence-corrected chi connectivity index (χ3v) is 3.72. The van der Waals surface area contributed by atoms with Crippen LogP contribution in [0.4, 0.5) is 4.39 Å². The zero-order chi connectivity index (χ0) is 16.6. The van der Waals surface area contributed by atoms with Gasteiger partial charge in [0.15, 0.2) is 0 Å². The summed E-state index contributed by atoms with van der Waals surface area (Å²) in [5, 5.41) is 4.78. The van der Waals surface area contributed by atoms with Crippen molar-refractivity contribution in [3.63, 3.8) is 0 Å². The third-order valence-electron chi connectivity index (χ3n) is 3.44. The topological polar surface area (TPSA) is 75.3 Å². The maximum absolute atomic E-state index is 13.1. The Kier molecular flexibility index (Phi) is 3.83. The van der Waals surface area contributed by atoms with Gasteiger partial charge in [0, 0.05) is 12.1 Å². The van der Waals surface area contributed by atoms with Gasteiger partial charge in [0.2, 0.25) is 0 Å². The number of benzene rings is 2. The Morgan fingerprint density at radius 1 is 1.09 bits per heavy atom. The maximum Gasteiger partial charge on any atom is 0.258 e. The zero-order valence-corrected chi connectivity index (χ0v) is 12.4. The first-order valence-electron chi connectivity index (χ1n) is 6.67. The van der Waals surface area contributed by atoms with E-state index in [0.717, 1.165) is 0 Å². The predicted molar refractivity (Wildman–Crippen MR) is 80.8 cm³/mol. The van der Waals surface area contributed by atoms with Crippen molar-refractivity contribution in [1.82, 2.24) is 10.6 Å². The van der Waals surface area contributed by atoms with Crippen molar-refractivity contribution in [3.05, 3.63) is 69.5 Å². The van der Waals surface area contributed by atoms with Crippen LogP contribution in [0, 0.1) is 5.82 Å². The van der Waals surface area contributed by atoms with Gasteiger partial charge < -0.3 is 5.32 Å². The second-order valence-corrected chi connectivity index (χ2v) is 5.38. The highest BCUT2D eigenvalue weighted by Crippen LogP contribution is 2.18. The zero-order valence-electron chi connectivity index (χ0n) is 11.7. The monoisotopic (exact) mass is 332 g/mol. The molecule has 0 unspecified atom stereocenters. The van der Waals surface area contributed by atoms with E-state index < -0.39 is 23.5 Å². The van der Waals surface area contributed by atoms with Crippen molar-refractivity contribution in [1.29, 1.82) is 0 Å². The van der Waals surface area contributed by atoms with Crippen molar-refractivity contribution >= 4 is 29.3 Å². The molecule has 0 aromatic heterocycles. The van der Waals surface area contributed by atoms with Gasteiger partial charge in [0.05, 0.1) is 16.1 Å². The van der Waals surface area contributed by atoms with Crippen LogP contribution in [0.15, 0.2) is 36.4 Å². The Morgan fingerprint density at radius 2 is 1.83 bits per heavy atom. The Morgan fingerprint density at radius 3 is 2.57 bits per heavy atom. The summed E-state index contributed by atoms with van der Waals surface area (Å²) in [6.07, 6.45) is 0. The van der Waals surface area contributed by atoms with E-state index in [1.807, 2.05) is 0 Å². The molecule has 0 bridgehead atoms. The first-order chi connectivity index (χ1) is 11.0. The summed E-state index contributed by atoms with van der Waals surface area (Å²) in [6, 6.07) is 8.41. The smallest absolute Gasteiger partial charge is 0.258 e. The summed E-state index contributed by atoms with van der Waals surface area (Å²) in [5.41, 5.74) is 1.31. The maximum atomic E-state index is 13.1. The molecule has 3 rings (SSSR count). The Balaban J connectivity index is 1.74. The number of rotatable bonds is 3. The molecule has 1 heterocycles. The number of fused-ring (bicyclic) bond motifs is 1. The number of hydrogen-bond donors (Lipinski definition) is 2. The number of imide groups is 1. The van der Waals surface area contributed by atoms with Gasteiger partial charge in [-0.1, -0.05) is 17.7 Å². The van der Waals surface area contributed by atoms with Gasteiger partial charge in [-0.25, -0.2) is 4.39 Å². The summed E-state index contributed by atoms with van der Waals surface area (Å²) < 4.78 is 13.1. The minimum absolute atomic E-state index is 0.0236. The Hall–Kier alpha value is -2.73. The van der Waals surface area contributed by atoms with Crippen LogP contribution < -0.4 is 10.6 Å². The molecule has 3 amide bonds. The third kappa shape index (κ3) is 2.93. The number of halogens is 2. The van der Waals surface area contributed by atoms with E-state index in [2.05, 4.69) is 10.6 Å².